The van der Waals surface area contributed by atoms with Crippen LogP contribution in [0.5, 0.6) is 23.0 Å². The lowest BCUT2D eigenvalue weighted by atomic mass is 9.84. The molecule has 0 heterocycles. The number of para-hydroxylation sites is 2. The number of ether oxygens (including phenoxy) is 4. The molecule has 0 saturated heterocycles. The van der Waals surface area contributed by atoms with Crippen molar-refractivity contribution >= 4 is 55.4 Å². The molecule has 6 heteroatoms. The SMILES string of the molecule is CCCCCCc1ccc2c(OC(=O)Oc3ccccc3)c3ccccc3c(-c3c4ccccc4c(OC(=O)Oc4ccccc4)c4ccc(CCCCCC)cc34)c2c1. The highest BCUT2D eigenvalue weighted by Crippen LogP contribution is 2.50. The van der Waals surface area contributed by atoms with Gasteiger partial charge in [0.05, 0.1) is 0 Å². The quantitative estimate of drug-likeness (QED) is 0.0445. The molecule has 8 aromatic carbocycles. The number of carbonyl (C=O) groups excluding carboxylic acids is 2. The first-order valence-corrected chi connectivity index (χ1v) is 21.4. The molecule has 0 radical (unpaired) electrons. The number of rotatable bonds is 15. The van der Waals surface area contributed by atoms with E-state index in [0.717, 1.165) is 106 Å². The Balaban J connectivity index is 1.38. The van der Waals surface area contributed by atoms with Crippen molar-refractivity contribution in [3.63, 3.8) is 0 Å². The molecule has 0 amide bonds. The third kappa shape index (κ3) is 8.84. The van der Waals surface area contributed by atoms with Gasteiger partial charge in [-0.25, -0.2) is 9.59 Å². The number of fused-ring (bicyclic) bond motifs is 4. The van der Waals surface area contributed by atoms with E-state index >= 15 is 0 Å². The van der Waals surface area contributed by atoms with E-state index in [-0.39, 0.29) is 0 Å². The molecule has 0 N–H and O–H groups in total. The standard InChI is InChI=1S/C54H50O6/c1-3-5-7-11-21-37-31-33-45-47(35-37)49(41-27-17-19-29-43(41)51(45)59-53(55)57-39-23-13-9-14-24-39)50-42-28-18-20-30-44(42)52(60-54(56)58-40-25-15-10-16-26-40)46-34-32-38(36-48(46)50)22-12-8-6-4-2/h9-10,13-20,23-36H,3-8,11-12,21-22H2,1-2H3. The van der Waals surface area contributed by atoms with Crippen LogP contribution >= 0.6 is 0 Å². The first-order valence-electron chi connectivity index (χ1n) is 21.4. The van der Waals surface area contributed by atoms with Gasteiger partial charge >= 0.3 is 12.3 Å². The number of benzene rings is 8. The molecule has 0 bridgehead atoms. The van der Waals surface area contributed by atoms with Crippen LogP contribution in [0.1, 0.15) is 76.3 Å². The lowest BCUT2D eigenvalue weighted by Crippen LogP contribution is -2.14. The zero-order valence-corrected chi connectivity index (χ0v) is 34.4. The van der Waals surface area contributed by atoms with E-state index in [9.17, 15) is 9.59 Å². The molecule has 8 rings (SSSR count). The number of carbonyl (C=O) groups is 2. The highest BCUT2D eigenvalue weighted by Gasteiger charge is 2.25. The van der Waals surface area contributed by atoms with Crippen LogP contribution < -0.4 is 18.9 Å². The summed E-state index contributed by atoms with van der Waals surface area (Å²) in [4.78, 5) is 27.1. The maximum absolute atomic E-state index is 13.6. The Kier molecular flexibility index (Phi) is 12.7. The summed E-state index contributed by atoms with van der Waals surface area (Å²) in [5.74, 6) is 1.69. The molecule has 0 aliphatic carbocycles. The first kappa shape index (κ1) is 40.1. The minimum atomic E-state index is -0.809. The Morgan fingerprint density at radius 2 is 0.733 bits per heavy atom. The zero-order valence-electron chi connectivity index (χ0n) is 34.4. The van der Waals surface area contributed by atoms with Crippen LogP contribution in [0, 0.1) is 0 Å². The van der Waals surface area contributed by atoms with Gasteiger partial charge in [0.15, 0.2) is 0 Å². The molecule has 0 aliphatic rings. The molecule has 0 aromatic heterocycles. The number of aryl methyl sites for hydroxylation is 2. The van der Waals surface area contributed by atoms with E-state index in [1.807, 2.05) is 72.8 Å². The fourth-order valence-electron chi connectivity index (χ4n) is 8.33. The van der Waals surface area contributed by atoms with E-state index in [1.165, 1.54) is 24.0 Å². The van der Waals surface area contributed by atoms with Gasteiger partial charge in [-0.3, -0.25) is 0 Å². The predicted molar refractivity (Wildman–Crippen MR) is 244 cm³/mol. The number of hydrogen-bond donors (Lipinski definition) is 0. The molecule has 0 atom stereocenters. The lowest BCUT2D eigenvalue weighted by Gasteiger charge is -2.22. The summed E-state index contributed by atoms with van der Waals surface area (Å²) in [6, 6.07) is 47.2. The summed E-state index contributed by atoms with van der Waals surface area (Å²) >= 11 is 0. The smallest absolute Gasteiger partial charge is 0.395 e. The highest BCUT2D eigenvalue weighted by molar-refractivity contribution is 6.27. The highest BCUT2D eigenvalue weighted by atomic mass is 16.7. The largest absolute Gasteiger partial charge is 0.519 e. The third-order valence-corrected chi connectivity index (χ3v) is 11.2. The molecular formula is C54H50O6. The van der Waals surface area contributed by atoms with Crippen LogP contribution in [0.2, 0.25) is 0 Å². The normalized spacial score (nSPS) is 11.3. The second-order valence-electron chi connectivity index (χ2n) is 15.4. The molecule has 0 unspecified atom stereocenters. The van der Waals surface area contributed by atoms with E-state index in [4.69, 9.17) is 18.9 Å². The second-order valence-corrected chi connectivity index (χ2v) is 15.4. The summed E-state index contributed by atoms with van der Waals surface area (Å²) in [5.41, 5.74) is 4.45. The topological polar surface area (TPSA) is 71.1 Å². The van der Waals surface area contributed by atoms with Gasteiger partial charge in [0.1, 0.15) is 23.0 Å². The monoisotopic (exact) mass is 794 g/mol. The van der Waals surface area contributed by atoms with E-state index in [2.05, 4.69) is 62.4 Å². The molecule has 60 heavy (non-hydrogen) atoms. The molecule has 6 nitrogen and oxygen atoms in total. The molecule has 8 aromatic rings. The minimum absolute atomic E-state index is 0.403. The van der Waals surface area contributed by atoms with Crippen LogP contribution in [0.4, 0.5) is 9.59 Å². The van der Waals surface area contributed by atoms with Gasteiger partial charge in [0.25, 0.3) is 0 Å². The Labute approximate surface area is 351 Å². The molecule has 0 fully saturated rings. The van der Waals surface area contributed by atoms with Crippen molar-refractivity contribution in [1.29, 1.82) is 0 Å². The molecular weight excluding hydrogens is 745 g/mol. The summed E-state index contributed by atoms with van der Waals surface area (Å²) in [7, 11) is 0. The van der Waals surface area contributed by atoms with Gasteiger partial charge < -0.3 is 18.9 Å². The maximum Gasteiger partial charge on any atom is 0.519 e. The van der Waals surface area contributed by atoms with Gasteiger partial charge in [-0.15, -0.1) is 0 Å². The molecule has 302 valence electrons. The first-order chi connectivity index (χ1) is 29.5. The van der Waals surface area contributed by atoms with Gasteiger partial charge in [-0.05, 0) is 93.7 Å². The van der Waals surface area contributed by atoms with Gasteiger partial charge in [-0.1, -0.05) is 174 Å². The average Bonchev–Trinajstić information content (AvgIpc) is 3.27. The average molecular weight is 795 g/mol. The molecule has 0 aliphatic heterocycles. The van der Waals surface area contributed by atoms with Gasteiger partial charge in [0.2, 0.25) is 0 Å². The van der Waals surface area contributed by atoms with Crippen molar-refractivity contribution < 1.29 is 28.5 Å². The van der Waals surface area contributed by atoms with Crippen molar-refractivity contribution in [2.24, 2.45) is 0 Å². The zero-order chi connectivity index (χ0) is 41.3. The second kappa shape index (κ2) is 18.9. The fourth-order valence-corrected chi connectivity index (χ4v) is 8.33. The Bertz CT molecular complexity index is 2580. The van der Waals surface area contributed by atoms with Crippen molar-refractivity contribution in [2.45, 2.75) is 78.1 Å². The van der Waals surface area contributed by atoms with Gasteiger partial charge in [-0.2, -0.15) is 0 Å². The van der Waals surface area contributed by atoms with E-state index in [0.29, 0.717) is 23.0 Å². The Hall–Kier alpha value is -6.66. The van der Waals surface area contributed by atoms with Crippen LogP contribution in [0.25, 0.3) is 54.2 Å². The fraction of sp³-hybridized carbons (Fsp3) is 0.222. The van der Waals surface area contributed by atoms with E-state index in [1.54, 1.807) is 24.3 Å². The Morgan fingerprint density at radius 3 is 1.13 bits per heavy atom. The van der Waals surface area contributed by atoms with E-state index < -0.39 is 12.3 Å². The predicted octanol–water partition coefficient (Wildman–Crippen LogP) is 15.4. The van der Waals surface area contributed by atoms with Crippen LogP contribution in [0.15, 0.2) is 146 Å². The van der Waals surface area contributed by atoms with Crippen LogP contribution in [0.3, 0.4) is 0 Å². The lowest BCUT2D eigenvalue weighted by molar-refractivity contribution is 0.152. The van der Waals surface area contributed by atoms with Crippen LogP contribution in [-0.2, 0) is 12.8 Å². The summed E-state index contributed by atoms with van der Waals surface area (Å²) < 4.78 is 23.8. The summed E-state index contributed by atoms with van der Waals surface area (Å²) in [6.45, 7) is 4.46. The Morgan fingerprint density at radius 1 is 0.367 bits per heavy atom. The summed E-state index contributed by atoms with van der Waals surface area (Å²) in [5, 5.41) is 6.92. The van der Waals surface area contributed by atoms with Crippen LogP contribution in [-0.4, -0.2) is 12.3 Å². The molecule has 0 spiro atoms. The maximum atomic E-state index is 13.6. The van der Waals surface area contributed by atoms with Crippen molar-refractivity contribution in [3.05, 3.63) is 157 Å². The van der Waals surface area contributed by atoms with Gasteiger partial charge in [0, 0.05) is 21.5 Å². The van der Waals surface area contributed by atoms with Crippen molar-refractivity contribution in [1.82, 2.24) is 0 Å². The third-order valence-electron chi connectivity index (χ3n) is 11.2. The number of hydrogen-bond acceptors (Lipinski definition) is 6. The van der Waals surface area contributed by atoms with Crippen molar-refractivity contribution in [2.75, 3.05) is 0 Å². The summed E-state index contributed by atoms with van der Waals surface area (Å²) in [6.07, 6.45) is 9.41. The minimum Gasteiger partial charge on any atom is -0.395 e. The molecule has 0 saturated carbocycles. The number of unbranched alkanes of at least 4 members (excludes halogenated alkanes) is 6. The van der Waals surface area contributed by atoms with Crippen molar-refractivity contribution in [3.8, 4) is 34.1 Å².